The number of hydrogen-bond acceptors (Lipinski definition) is 5. The Kier molecular flexibility index (Phi) is 5.35. The molecule has 0 spiro atoms. The van der Waals surface area contributed by atoms with Crippen molar-refractivity contribution in [2.75, 3.05) is 20.3 Å². The molecule has 1 aliphatic rings. The third kappa shape index (κ3) is 3.72. The molecule has 0 fully saturated rings. The molecule has 31 heavy (non-hydrogen) atoms. The quantitative estimate of drug-likeness (QED) is 0.607. The van der Waals surface area contributed by atoms with E-state index in [-0.39, 0.29) is 17.0 Å². The van der Waals surface area contributed by atoms with Crippen LogP contribution in [0.15, 0.2) is 35.3 Å². The smallest absolute Gasteiger partial charge is 0.341 e. The van der Waals surface area contributed by atoms with E-state index in [0.29, 0.717) is 31.2 Å². The third-order valence-corrected chi connectivity index (χ3v) is 5.72. The molecule has 1 aromatic carbocycles. The van der Waals surface area contributed by atoms with Crippen LogP contribution in [0.4, 0.5) is 0 Å². The number of ether oxygens (including phenoxy) is 2. The van der Waals surface area contributed by atoms with Crippen LogP contribution >= 0.6 is 0 Å². The minimum absolute atomic E-state index is 0.0749. The SMILES string of the molecule is COCCCOc1cccc2c3n(nc12)CC(C(C)(C)C)n1cc(C(=O)O)c(=O)cc1-3. The molecule has 0 saturated carbocycles. The zero-order chi connectivity index (χ0) is 22.3. The summed E-state index contributed by atoms with van der Waals surface area (Å²) in [6, 6.07) is 7.08. The van der Waals surface area contributed by atoms with Crippen LogP contribution in [0.3, 0.4) is 0 Å². The Labute approximate surface area is 180 Å². The van der Waals surface area contributed by atoms with E-state index in [1.54, 1.807) is 7.11 Å². The van der Waals surface area contributed by atoms with E-state index in [9.17, 15) is 14.7 Å². The first-order valence-corrected chi connectivity index (χ1v) is 10.3. The fourth-order valence-corrected chi connectivity index (χ4v) is 4.13. The summed E-state index contributed by atoms with van der Waals surface area (Å²) in [6.45, 7) is 7.98. The van der Waals surface area contributed by atoms with E-state index in [2.05, 4.69) is 20.8 Å². The molecule has 3 heterocycles. The van der Waals surface area contributed by atoms with Gasteiger partial charge in [-0.1, -0.05) is 32.9 Å². The Morgan fingerprint density at radius 2 is 2.06 bits per heavy atom. The molecule has 1 N–H and O–H groups in total. The number of rotatable bonds is 6. The van der Waals surface area contributed by atoms with E-state index in [1.807, 2.05) is 27.4 Å². The van der Waals surface area contributed by atoms with Gasteiger partial charge in [0.1, 0.15) is 16.8 Å². The molecule has 4 rings (SSSR count). The highest BCUT2D eigenvalue weighted by Gasteiger charge is 2.35. The first-order valence-electron chi connectivity index (χ1n) is 10.3. The second kappa shape index (κ2) is 7.85. The van der Waals surface area contributed by atoms with E-state index >= 15 is 0 Å². The van der Waals surface area contributed by atoms with E-state index in [1.165, 1.54) is 12.3 Å². The molecule has 1 aliphatic heterocycles. The molecule has 0 aliphatic carbocycles. The molecule has 8 nitrogen and oxygen atoms in total. The number of pyridine rings is 1. The summed E-state index contributed by atoms with van der Waals surface area (Å²) in [5.41, 5.74) is 1.27. The summed E-state index contributed by atoms with van der Waals surface area (Å²) < 4.78 is 14.9. The lowest BCUT2D eigenvalue weighted by atomic mass is 9.85. The number of nitrogens with zero attached hydrogens (tertiary/aromatic N) is 3. The Bertz CT molecular complexity index is 1200. The normalized spacial score (nSPS) is 15.5. The number of methoxy groups -OCH3 is 1. The van der Waals surface area contributed by atoms with E-state index < -0.39 is 11.4 Å². The molecular formula is C23H27N3O5. The van der Waals surface area contributed by atoms with Crippen molar-refractivity contribution >= 4 is 16.9 Å². The predicted octanol–water partition coefficient (Wildman–Crippen LogP) is 3.58. The number of carboxylic acid groups (broad SMARTS) is 1. The maximum Gasteiger partial charge on any atom is 0.341 e. The van der Waals surface area contributed by atoms with Crippen molar-refractivity contribution in [1.82, 2.24) is 14.3 Å². The molecule has 1 atom stereocenters. The fraction of sp³-hybridized carbons (Fsp3) is 0.435. The number of aromatic nitrogens is 3. The summed E-state index contributed by atoms with van der Waals surface area (Å²) in [5, 5.41) is 15.2. The van der Waals surface area contributed by atoms with Gasteiger partial charge in [0.15, 0.2) is 5.43 Å². The largest absolute Gasteiger partial charge is 0.491 e. The summed E-state index contributed by atoms with van der Waals surface area (Å²) in [7, 11) is 1.66. The third-order valence-electron chi connectivity index (χ3n) is 5.72. The van der Waals surface area contributed by atoms with Crippen molar-refractivity contribution < 1.29 is 19.4 Å². The number of carbonyl (C=O) groups is 1. The van der Waals surface area contributed by atoms with Gasteiger partial charge in [0.25, 0.3) is 0 Å². The molecule has 0 bridgehead atoms. The van der Waals surface area contributed by atoms with Gasteiger partial charge >= 0.3 is 5.97 Å². The van der Waals surface area contributed by atoms with Gasteiger partial charge in [-0.2, -0.15) is 5.10 Å². The van der Waals surface area contributed by atoms with Crippen LogP contribution in [-0.4, -0.2) is 45.7 Å². The summed E-state index contributed by atoms with van der Waals surface area (Å²) in [5.74, 6) is -0.539. The van der Waals surface area contributed by atoms with Crippen LogP contribution < -0.4 is 10.2 Å². The molecule has 0 radical (unpaired) electrons. The minimum atomic E-state index is -1.22. The van der Waals surface area contributed by atoms with Crippen LogP contribution in [0.1, 0.15) is 43.6 Å². The average Bonchev–Trinajstić information content (AvgIpc) is 3.09. The van der Waals surface area contributed by atoms with Crippen molar-refractivity contribution in [3.8, 4) is 17.1 Å². The second-order valence-electron chi connectivity index (χ2n) is 8.91. The first kappa shape index (κ1) is 21.1. The lowest BCUT2D eigenvalue weighted by Gasteiger charge is -2.38. The standard InChI is InChI=1S/C23H27N3O5/c1-23(2,3)19-13-26-21(16-11-17(27)15(22(28)29)12-25(16)19)14-7-5-8-18(20(14)24-26)31-10-6-9-30-4/h5,7-8,11-12,19H,6,9-10,13H2,1-4H3,(H,28,29). The van der Waals surface area contributed by atoms with E-state index in [0.717, 1.165) is 23.0 Å². The highest BCUT2D eigenvalue weighted by atomic mass is 16.5. The van der Waals surface area contributed by atoms with Crippen molar-refractivity contribution in [2.24, 2.45) is 5.41 Å². The molecule has 1 unspecified atom stereocenters. The summed E-state index contributed by atoms with van der Waals surface area (Å²) >= 11 is 0. The van der Waals surface area contributed by atoms with Crippen LogP contribution in [-0.2, 0) is 11.3 Å². The topological polar surface area (TPSA) is 95.6 Å². The van der Waals surface area contributed by atoms with Gasteiger partial charge in [0.05, 0.1) is 30.6 Å². The van der Waals surface area contributed by atoms with Crippen molar-refractivity contribution in [1.29, 1.82) is 0 Å². The maximum atomic E-state index is 12.6. The van der Waals surface area contributed by atoms with E-state index in [4.69, 9.17) is 14.6 Å². The second-order valence-corrected chi connectivity index (χ2v) is 8.91. The van der Waals surface area contributed by atoms with Crippen LogP contribution in [0.5, 0.6) is 5.75 Å². The number of hydrogen-bond donors (Lipinski definition) is 1. The zero-order valence-electron chi connectivity index (χ0n) is 18.2. The maximum absolute atomic E-state index is 12.6. The van der Waals surface area contributed by atoms with Gasteiger partial charge in [0, 0.05) is 37.8 Å². The average molecular weight is 425 g/mol. The number of fused-ring (bicyclic) bond motifs is 5. The zero-order valence-corrected chi connectivity index (χ0v) is 18.2. The van der Waals surface area contributed by atoms with Crippen LogP contribution in [0.25, 0.3) is 22.3 Å². The highest BCUT2D eigenvalue weighted by Crippen LogP contribution is 2.43. The van der Waals surface area contributed by atoms with Gasteiger partial charge in [-0.15, -0.1) is 0 Å². The minimum Gasteiger partial charge on any atom is -0.491 e. The van der Waals surface area contributed by atoms with Crippen LogP contribution in [0, 0.1) is 5.41 Å². The molecule has 8 heteroatoms. The summed E-state index contributed by atoms with van der Waals surface area (Å²) in [4.78, 5) is 24.2. The first-order chi connectivity index (χ1) is 14.7. The van der Waals surface area contributed by atoms with Gasteiger partial charge in [0.2, 0.25) is 0 Å². The Hall–Kier alpha value is -3.13. The van der Waals surface area contributed by atoms with Gasteiger partial charge < -0.3 is 19.1 Å². The number of carboxylic acids is 1. The monoisotopic (exact) mass is 425 g/mol. The highest BCUT2D eigenvalue weighted by molar-refractivity contribution is 5.96. The molecule has 0 amide bonds. The molecule has 2 aromatic heterocycles. The Morgan fingerprint density at radius 1 is 1.29 bits per heavy atom. The van der Waals surface area contributed by atoms with Gasteiger partial charge in [-0.3, -0.25) is 9.48 Å². The predicted molar refractivity (Wildman–Crippen MR) is 117 cm³/mol. The molecule has 3 aromatic rings. The Balaban J connectivity index is 1.90. The summed E-state index contributed by atoms with van der Waals surface area (Å²) in [6.07, 6.45) is 2.24. The van der Waals surface area contributed by atoms with Crippen molar-refractivity contribution in [3.63, 3.8) is 0 Å². The molecule has 164 valence electrons. The molecular weight excluding hydrogens is 398 g/mol. The number of benzene rings is 1. The van der Waals surface area contributed by atoms with Crippen molar-refractivity contribution in [3.05, 3.63) is 46.2 Å². The Morgan fingerprint density at radius 3 is 2.74 bits per heavy atom. The van der Waals surface area contributed by atoms with Crippen LogP contribution in [0.2, 0.25) is 0 Å². The lowest BCUT2D eigenvalue weighted by molar-refractivity contribution is 0.0693. The van der Waals surface area contributed by atoms with Gasteiger partial charge in [-0.05, 0) is 11.5 Å². The fourth-order valence-electron chi connectivity index (χ4n) is 4.13. The molecule has 0 saturated heterocycles. The van der Waals surface area contributed by atoms with Gasteiger partial charge in [-0.25, -0.2) is 4.79 Å². The number of aromatic carboxylic acids is 1. The lowest BCUT2D eigenvalue weighted by Crippen LogP contribution is -2.35. The van der Waals surface area contributed by atoms with Crippen molar-refractivity contribution in [2.45, 2.75) is 39.8 Å².